The summed E-state index contributed by atoms with van der Waals surface area (Å²) in [6.07, 6.45) is 6.05. The molecule has 0 bridgehead atoms. The summed E-state index contributed by atoms with van der Waals surface area (Å²) in [4.78, 5) is 4.22. The van der Waals surface area contributed by atoms with E-state index in [4.69, 9.17) is 4.74 Å². The molecule has 1 aliphatic rings. The second kappa shape index (κ2) is 6.45. The van der Waals surface area contributed by atoms with Crippen molar-refractivity contribution < 1.29 is 4.74 Å². The predicted molar refractivity (Wildman–Crippen MR) is 70.4 cm³/mol. The average molecular weight is 235 g/mol. The maximum Gasteiger partial charge on any atom is 0.0547 e. The third-order valence-electron chi connectivity index (χ3n) is 3.05. The van der Waals surface area contributed by atoms with Crippen LogP contribution in [-0.2, 0) is 4.74 Å². The third-order valence-corrected chi connectivity index (χ3v) is 3.05. The topological polar surface area (TPSA) is 46.2 Å². The Bertz CT molecular complexity index is 337. The molecule has 1 aromatic rings. The normalized spacial score (nSPS) is 16.8. The second-order valence-electron chi connectivity index (χ2n) is 4.43. The molecule has 4 heteroatoms. The SMILES string of the molecule is CCNc1cncc(NCC2CCOCC2)c1. The highest BCUT2D eigenvalue weighted by atomic mass is 16.5. The first-order valence-electron chi connectivity index (χ1n) is 6.39. The third kappa shape index (κ3) is 3.89. The van der Waals surface area contributed by atoms with Crippen molar-refractivity contribution in [2.24, 2.45) is 5.92 Å². The summed E-state index contributed by atoms with van der Waals surface area (Å²) >= 11 is 0. The van der Waals surface area contributed by atoms with Crippen LogP contribution < -0.4 is 10.6 Å². The van der Waals surface area contributed by atoms with Gasteiger partial charge >= 0.3 is 0 Å². The summed E-state index contributed by atoms with van der Waals surface area (Å²) in [5.74, 6) is 0.728. The van der Waals surface area contributed by atoms with Crippen molar-refractivity contribution in [3.63, 3.8) is 0 Å². The number of ether oxygens (including phenoxy) is 1. The Morgan fingerprint density at radius 2 is 1.94 bits per heavy atom. The van der Waals surface area contributed by atoms with Crippen LogP contribution in [0.3, 0.4) is 0 Å². The molecule has 0 aliphatic carbocycles. The van der Waals surface area contributed by atoms with E-state index >= 15 is 0 Å². The minimum Gasteiger partial charge on any atom is -0.384 e. The molecule has 1 aliphatic heterocycles. The summed E-state index contributed by atoms with van der Waals surface area (Å²) < 4.78 is 5.35. The van der Waals surface area contributed by atoms with Gasteiger partial charge in [-0.25, -0.2) is 0 Å². The van der Waals surface area contributed by atoms with E-state index in [-0.39, 0.29) is 0 Å². The van der Waals surface area contributed by atoms with Crippen molar-refractivity contribution in [1.29, 1.82) is 0 Å². The summed E-state index contributed by atoms with van der Waals surface area (Å²) in [5.41, 5.74) is 2.17. The Morgan fingerprint density at radius 3 is 2.65 bits per heavy atom. The smallest absolute Gasteiger partial charge is 0.0547 e. The lowest BCUT2D eigenvalue weighted by Crippen LogP contribution is -2.22. The Balaban J connectivity index is 1.83. The van der Waals surface area contributed by atoms with Gasteiger partial charge in [-0.3, -0.25) is 4.98 Å². The van der Waals surface area contributed by atoms with E-state index in [9.17, 15) is 0 Å². The average Bonchev–Trinajstić information content (AvgIpc) is 2.39. The van der Waals surface area contributed by atoms with Crippen LogP contribution in [0.25, 0.3) is 0 Å². The van der Waals surface area contributed by atoms with Gasteiger partial charge in [0.2, 0.25) is 0 Å². The highest BCUT2D eigenvalue weighted by Gasteiger charge is 2.13. The van der Waals surface area contributed by atoms with Crippen LogP contribution in [0, 0.1) is 5.92 Å². The Morgan fingerprint density at radius 1 is 1.24 bits per heavy atom. The Hall–Kier alpha value is -1.29. The molecule has 0 unspecified atom stereocenters. The number of nitrogens with one attached hydrogen (secondary N) is 2. The molecule has 17 heavy (non-hydrogen) atoms. The van der Waals surface area contributed by atoms with Crippen molar-refractivity contribution >= 4 is 11.4 Å². The molecule has 2 N–H and O–H groups in total. The van der Waals surface area contributed by atoms with Crippen molar-refractivity contribution in [3.8, 4) is 0 Å². The molecule has 1 saturated heterocycles. The largest absolute Gasteiger partial charge is 0.384 e. The second-order valence-corrected chi connectivity index (χ2v) is 4.43. The van der Waals surface area contributed by atoms with Gasteiger partial charge in [0, 0.05) is 26.3 Å². The monoisotopic (exact) mass is 235 g/mol. The zero-order valence-corrected chi connectivity index (χ0v) is 10.4. The van der Waals surface area contributed by atoms with Gasteiger partial charge in [0.25, 0.3) is 0 Å². The summed E-state index contributed by atoms with van der Waals surface area (Å²) in [6.45, 7) is 5.83. The fraction of sp³-hybridized carbons (Fsp3) is 0.615. The van der Waals surface area contributed by atoms with Crippen LogP contribution >= 0.6 is 0 Å². The standard InChI is InChI=1S/C13H21N3O/c1-2-15-12-7-13(10-14-9-12)16-8-11-3-5-17-6-4-11/h7,9-11,15-16H,2-6,8H2,1H3. The number of nitrogens with zero attached hydrogens (tertiary/aromatic N) is 1. The lowest BCUT2D eigenvalue weighted by molar-refractivity contribution is 0.0699. The lowest BCUT2D eigenvalue weighted by Gasteiger charge is -2.22. The number of aromatic nitrogens is 1. The molecule has 2 heterocycles. The van der Waals surface area contributed by atoms with Crippen LogP contribution in [0.5, 0.6) is 0 Å². The van der Waals surface area contributed by atoms with Gasteiger partial charge in [0.05, 0.1) is 23.8 Å². The van der Waals surface area contributed by atoms with Crippen LogP contribution in [0.4, 0.5) is 11.4 Å². The number of hydrogen-bond donors (Lipinski definition) is 2. The highest BCUT2D eigenvalue weighted by Crippen LogP contribution is 2.17. The van der Waals surface area contributed by atoms with E-state index in [2.05, 4.69) is 28.6 Å². The van der Waals surface area contributed by atoms with E-state index in [0.29, 0.717) is 0 Å². The zero-order valence-electron chi connectivity index (χ0n) is 10.4. The number of hydrogen-bond acceptors (Lipinski definition) is 4. The first kappa shape index (κ1) is 12.2. The van der Waals surface area contributed by atoms with Gasteiger partial charge < -0.3 is 15.4 Å². The molecule has 1 fully saturated rings. The molecule has 0 saturated carbocycles. The molecule has 1 aromatic heterocycles. The fourth-order valence-corrected chi connectivity index (χ4v) is 2.05. The maximum absolute atomic E-state index is 5.35. The quantitative estimate of drug-likeness (QED) is 0.822. The molecule has 4 nitrogen and oxygen atoms in total. The minimum absolute atomic E-state index is 0.728. The van der Waals surface area contributed by atoms with Gasteiger partial charge in [0.1, 0.15) is 0 Å². The van der Waals surface area contributed by atoms with Crippen molar-refractivity contribution in [3.05, 3.63) is 18.5 Å². The molecular formula is C13H21N3O. The molecule has 0 spiro atoms. The summed E-state index contributed by atoms with van der Waals surface area (Å²) in [7, 11) is 0. The number of pyridine rings is 1. The summed E-state index contributed by atoms with van der Waals surface area (Å²) in [5, 5.41) is 6.72. The van der Waals surface area contributed by atoms with Gasteiger partial charge in [-0.15, -0.1) is 0 Å². The van der Waals surface area contributed by atoms with Crippen LogP contribution in [-0.4, -0.2) is 31.3 Å². The lowest BCUT2D eigenvalue weighted by atomic mass is 10.0. The van der Waals surface area contributed by atoms with Gasteiger partial charge in [-0.05, 0) is 31.7 Å². The van der Waals surface area contributed by atoms with Gasteiger partial charge in [-0.2, -0.15) is 0 Å². The van der Waals surface area contributed by atoms with Crippen molar-refractivity contribution in [1.82, 2.24) is 4.98 Å². The van der Waals surface area contributed by atoms with E-state index in [1.54, 1.807) is 0 Å². The number of anilines is 2. The van der Waals surface area contributed by atoms with Gasteiger partial charge in [0.15, 0.2) is 0 Å². The first-order chi connectivity index (χ1) is 8.38. The van der Waals surface area contributed by atoms with Crippen LogP contribution in [0.2, 0.25) is 0 Å². The first-order valence-corrected chi connectivity index (χ1v) is 6.39. The van der Waals surface area contributed by atoms with Crippen LogP contribution in [0.15, 0.2) is 18.5 Å². The van der Waals surface area contributed by atoms with Gasteiger partial charge in [-0.1, -0.05) is 0 Å². The van der Waals surface area contributed by atoms with E-state index < -0.39 is 0 Å². The zero-order chi connectivity index (χ0) is 11.9. The molecule has 0 amide bonds. The Labute approximate surface area is 103 Å². The minimum atomic E-state index is 0.728. The molecular weight excluding hydrogens is 214 g/mol. The molecule has 0 radical (unpaired) electrons. The number of rotatable bonds is 5. The molecule has 0 aromatic carbocycles. The maximum atomic E-state index is 5.35. The van der Waals surface area contributed by atoms with E-state index in [0.717, 1.165) is 56.4 Å². The molecule has 2 rings (SSSR count). The van der Waals surface area contributed by atoms with E-state index in [1.807, 2.05) is 12.4 Å². The fourth-order valence-electron chi connectivity index (χ4n) is 2.05. The van der Waals surface area contributed by atoms with Crippen molar-refractivity contribution in [2.75, 3.05) is 36.9 Å². The predicted octanol–water partition coefficient (Wildman–Crippen LogP) is 2.35. The van der Waals surface area contributed by atoms with Crippen molar-refractivity contribution in [2.45, 2.75) is 19.8 Å². The molecule has 94 valence electrons. The molecule has 0 atom stereocenters. The highest BCUT2D eigenvalue weighted by molar-refractivity contribution is 5.53. The Kier molecular flexibility index (Phi) is 4.62. The summed E-state index contributed by atoms with van der Waals surface area (Å²) in [6, 6.07) is 2.11. The van der Waals surface area contributed by atoms with E-state index in [1.165, 1.54) is 0 Å². The van der Waals surface area contributed by atoms with Crippen LogP contribution in [0.1, 0.15) is 19.8 Å².